The minimum atomic E-state index is 0.267. The van der Waals surface area contributed by atoms with Crippen LogP contribution in [0.2, 0.25) is 10.0 Å². The molecule has 4 heteroatoms. The van der Waals surface area contributed by atoms with E-state index in [0.717, 1.165) is 28.7 Å². The number of hydrogen-bond donors (Lipinski definition) is 1. The van der Waals surface area contributed by atoms with E-state index in [1.54, 1.807) is 0 Å². The lowest BCUT2D eigenvalue weighted by molar-refractivity contribution is 0.123. The Morgan fingerprint density at radius 2 is 2.10 bits per heavy atom. The zero-order valence-corrected chi connectivity index (χ0v) is 13.8. The Hall–Kier alpha value is -0.280. The molecule has 3 atom stereocenters. The van der Waals surface area contributed by atoms with Gasteiger partial charge in [0, 0.05) is 22.1 Å². The van der Waals surface area contributed by atoms with Crippen LogP contribution in [0.15, 0.2) is 18.2 Å². The summed E-state index contributed by atoms with van der Waals surface area (Å²) < 4.78 is 0. The standard InChI is InChI=1S/C16H24Cl2N2/c1-3-20(16-6-4-5-12(16)10-19)11(2)14-9-13(17)7-8-15(14)18/h7-9,11-12,16H,3-6,10,19H2,1-2H3. The van der Waals surface area contributed by atoms with Gasteiger partial charge in [0.15, 0.2) is 0 Å². The van der Waals surface area contributed by atoms with Gasteiger partial charge >= 0.3 is 0 Å². The van der Waals surface area contributed by atoms with E-state index in [4.69, 9.17) is 28.9 Å². The first-order chi connectivity index (χ1) is 9.58. The second kappa shape index (κ2) is 7.13. The fourth-order valence-electron chi connectivity index (χ4n) is 3.54. The molecule has 0 bridgehead atoms. The zero-order chi connectivity index (χ0) is 14.7. The molecule has 0 spiro atoms. The largest absolute Gasteiger partial charge is 0.330 e. The van der Waals surface area contributed by atoms with Crippen molar-refractivity contribution >= 4 is 23.2 Å². The van der Waals surface area contributed by atoms with Gasteiger partial charge in [0.05, 0.1) is 0 Å². The number of nitrogens with two attached hydrogens (primary N) is 1. The van der Waals surface area contributed by atoms with Crippen LogP contribution in [0.4, 0.5) is 0 Å². The second-order valence-electron chi connectivity index (χ2n) is 5.67. The lowest BCUT2D eigenvalue weighted by atomic mass is 9.98. The highest BCUT2D eigenvalue weighted by molar-refractivity contribution is 6.33. The van der Waals surface area contributed by atoms with Gasteiger partial charge in [0.2, 0.25) is 0 Å². The van der Waals surface area contributed by atoms with E-state index in [1.165, 1.54) is 19.3 Å². The first-order valence-electron chi connectivity index (χ1n) is 7.49. The molecule has 0 saturated heterocycles. The smallest absolute Gasteiger partial charge is 0.0454 e. The Labute approximate surface area is 132 Å². The molecule has 0 radical (unpaired) electrons. The number of hydrogen-bond acceptors (Lipinski definition) is 2. The first-order valence-corrected chi connectivity index (χ1v) is 8.24. The van der Waals surface area contributed by atoms with Crippen molar-refractivity contribution < 1.29 is 0 Å². The Kier molecular flexibility index (Phi) is 5.74. The normalized spacial score (nSPS) is 24.3. The molecule has 1 saturated carbocycles. The summed E-state index contributed by atoms with van der Waals surface area (Å²) in [5, 5.41) is 1.54. The molecule has 112 valence electrons. The Balaban J connectivity index is 2.24. The van der Waals surface area contributed by atoms with Crippen LogP contribution in [0.25, 0.3) is 0 Å². The molecule has 1 aromatic rings. The first kappa shape index (κ1) is 16.1. The van der Waals surface area contributed by atoms with Gasteiger partial charge in [0.25, 0.3) is 0 Å². The monoisotopic (exact) mass is 314 g/mol. The second-order valence-corrected chi connectivity index (χ2v) is 6.51. The van der Waals surface area contributed by atoms with Crippen LogP contribution >= 0.6 is 23.2 Å². The number of nitrogens with zero attached hydrogens (tertiary/aromatic N) is 1. The van der Waals surface area contributed by atoms with Crippen LogP contribution in [0.3, 0.4) is 0 Å². The van der Waals surface area contributed by atoms with Gasteiger partial charge in [-0.25, -0.2) is 0 Å². The van der Waals surface area contributed by atoms with Crippen LogP contribution < -0.4 is 5.73 Å². The third-order valence-electron chi connectivity index (χ3n) is 4.62. The van der Waals surface area contributed by atoms with Crippen molar-refractivity contribution in [1.82, 2.24) is 4.90 Å². The van der Waals surface area contributed by atoms with Gasteiger partial charge in [-0.1, -0.05) is 36.5 Å². The van der Waals surface area contributed by atoms with E-state index in [0.29, 0.717) is 12.0 Å². The maximum absolute atomic E-state index is 6.36. The average molecular weight is 315 g/mol. The molecule has 3 unspecified atom stereocenters. The van der Waals surface area contributed by atoms with E-state index in [9.17, 15) is 0 Å². The van der Waals surface area contributed by atoms with Crippen molar-refractivity contribution in [3.8, 4) is 0 Å². The lowest BCUT2D eigenvalue weighted by Crippen LogP contribution is -2.41. The average Bonchev–Trinajstić information content (AvgIpc) is 2.90. The SMILES string of the molecule is CCN(C(C)c1cc(Cl)ccc1Cl)C1CCCC1CN. The topological polar surface area (TPSA) is 29.3 Å². The molecular formula is C16H24Cl2N2. The van der Waals surface area contributed by atoms with Gasteiger partial charge in [-0.15, -0.1) is 0 Å². The maximum atomic E-state index is 6.36. The molecule has 1 aliphatic rings. The van der Waals surface area contributed by atoms with Gasteiger partial charge in [-0.3, -0.25) is 4.90 Å². The van der Waals surface area contributed by atoms with Gasteiger partial charge < -0.3 is 5.73 Å². The van der Waals surface area contributed by atoms with Crippen molar-refractivity contribution in [2.24, 2.45) is 11.7 Å². The van der Waals surface area contributed by atoms with E-state index < -0.39 is 0 Å². The van der Waals surface area contributed by atoms with Crippen LogP contribution in [-0.2, 0) is 0 Å². The molecule has 1 aliphatic carbocycles. The Morgan fingerprint density at radius 3 is 2.75 bits per heavy atom. The predicted molar refractivity (Wildman–Crippen MR) is 87.4 cm³/mol. The highest BCUT2D eigenvalue weighted by atomic mass is 35.5. The minimum Gasteiger partial charge on any atom is -0.330 e. The summed E-state index contributed by atoms with van der Waals surface area (Å²) in [5.41, 5.74) is 7.05. The molecule has 2 rings (SSSR count). The Morgan fingerprint density at radius 1 is 1.35 bits per heavy atom. The summed E-state index contributed by atoms with van der Waals surface area (Å²) in [6.07, 6.45) is 3.75. The summed E-state index contributed by atoms with van der Waals surface area (Å²) in [7, 11) is 0. The van der Waals surface area contributed by atoms with Crippen molar-refractivity contribution in [1.29, 1.82) is 0 Å². The molecule has 2 nitrogen and oxygen atoms in total. The minimum absolute atomic E-state index is 0.267. The van der Waals surface area contributed by atoms with Gasteiger partial charge in [-0.2, -0.15) is 0 Å². The Bertz CT molecular complexity index is 450. The lowest BCUT2D eigenvalue weighted by Gasteiger charge is -2.37. The fourth-order valence-corrected chi connectivity index (χ4v) is 3.99. The molecule has 2 N–H and O–H groups in total. The van der Waals surface area contributed by atoms with E-state index in [2.05, 4.69) is 18.7 Å². The highest BCUT2D eigenvalue weighted by Gasteiger charge is 2.33. The maximum Gasteiger partial charge on any atom is 0.0454 e. The molecule has 1 fully saturated rings. The third kappa shape index (κ3) is 3.30. The van der Waals surface area contributed by atoms with Crippen LogP contribution in [0.5, 0.6) is 0 Å². The fraction of sp³-hybridized carbons (Fsp3) is 0.625. The van der Waals surface area contributed by atoms with Crippen LogP contribution in [-0.4, -0.2) is 24.0 Å². The van der Waals surface area contributed by atoms with Crippen LogP contribution in [0, 0.1) is 5.92 Å². The molecule has 0 amide bonds. The zero-order valence-electron chi connectivity index (χ0n) is 12.3. The summed E-state index contributed by atoms with van der Waals surface area (Å²) in [4.78, 5) is 2.53. The molecule has 1 aromatic carbocycles. The molecular weight excluding hydrogens is 291 g/mol. The predicted octanol–water partition coefficient (Wildman–Crippen LogP) is 4.50. The summed E-state index contributed by atoms with van der Waals surface area (Å²) in [5.74, 6) is 0.607. The number of halogens is 2. The van der Waals surface area contributed by atoms with Crippen molar-refractivity contribution in [3.05, 3.63) is 33.8 Å². The molecule has 0 aromatic heterocycles. The number of rotatable bonds is 5. The summed E-state index contributed by atoms with van der Waals surface area (Å²) in [6, 6.07) is 6.55. The van der Waals surface area contributed by atoms with E-state index in [-0.39, 0.29) is 6.04 Å². The number of benzene rings is 1. The summed E-state index contributed by atoms with van der Waals surface area (Å²) in [6.45, 7) is 6.20. The van der Waals surface area contributed by atoms with Crippen molar-refractivity contribution in [3.63, 3.8) is 0 Å². The van der Waals surface area contributed by atoms with Gasteiger partial charge in [-0.05, 0) is 62.5 Å². The molecule has 20 heavy (non-hydrogen) atoms. The van der Waals surface area contributed by atoms with Crippen LogP contribution in [0.1, 0.15) is 44.7 Å². The molecule has 0 heterocycles. The summed E-state index contributed by atoms with van der Waals surface area (Å²) >= 11 is 12.5. The van der Waals surface area contributed by atoms with Gasteiger partial charge in [0.1, 0.15) is 0 Å². The quantitative estimate of drug-likeness (QED) is 0.866. The van der Waals surface area contributed by atoms with Crippen molar-refractivity contribution in [2.75, 3.05) is 13.1 Å². The van der Waals surface area contributed by atoms with E-state index in [1.807, 2.05) is 18.2 Å². The van der Waals surface area contributed by atoms with E-state index >= 15 is 0 Å². The highest BCUT2D eigenvalue weighted by Crippen LogP contribution is 2.37. The third-order valence-corrected chi connectivity index (χ3v) is 5.20. The molecule has 0 aliphatic heterocycles. The van der Waals surface area contributed by atoms with Crippen molar-refractivity contribution in [2.45, 2.75) is 45.2 Å².